The van der Waals surface area contributed by atoms with Crippen LogP contribution in [0.1, 0.15) is 25.2 Å². The van der Waals surface area contributed by atoms with Gasteiger partial charge < -0.3 is 11.1 Å². The first kappa shape index (κ1) is 13.4. The fourth-order valence-corrected chi connectivity index (χ4v) is 2.15. The zero-order chi connectivity index (χ0) is 13.7. The number of aromatic nitrogens is 3. The number of anilines is 2. The Kier molecular flexibility index (Phi) is 4.39. The highest BCUT2D eigenvalue weighted by atomic mass is 15.3. The number of hydrogen-bond donors (Lipinski definition) is 2. The van der Waals surface area contributed by atoms with Gasteiger partial charge in [0.1, 0.15) is 5.82 Å². The monoisotopic (exact) mass is 259 g/mol. The van der Waals surface area contributed by atoms with Crippen LogP contribution in [0.15, 0.2) is 24.3 Å². The number of aryl methyl sites for hydroxylation is 2. The molecule has 1 heterocycles. The normalized spacial score (nSPS) is 10.6. The smallest absolute Gasteiger partial charge is 0.224 e. The van der Waals surface area contributed by atoms with E-state index in [0.29, 0.717) is 0 Å². The third-order valence-electron chi connectivity index (χ3n) is 3.07. The molecule has 0 aliphatic heterocycles. The first-order valence-corrected chi connectivity index (χ1v) is 6.75. The maximum absolute atomic E-state index is 5.78. The van der Waals surface area contributed by atoms with E-state index in [4.69, 9.17) is 5.73 Å². The van der Waals surface area contributed by atoms with Crippen LogP contribution >= 0.6 is 0 Å². The molecule has 0 saturated carbocycles. The summed E-state index contributed by atoms with van der Waals surface area (Å²) in [5, 5.41) is 11.7. The molecule has 0 radical (unpaired) electrons. The van der Waals surface area contributed by atoms with E-state index in [0.717, 1.165) is 43.4 Å². The van der Waals surface area contributed by atoms with E-state index in [9.17, 15) is 0 Å². The van der Waals surface area contributed by atoms with Gasteiger partial charge in [0.05, 0.1) is 0 Å². The van der Waals surface area contributed by atoms with Crippen LogP contribution in [0.4, 0.5) is 11.6 Å². The van der Waals surface area contributed by atoms with Gasteiger partial charge in [0.25, 0.3) is 0 Å². The van der Waals surface area contributed by atoms with Gasteiger partial charge in [-0.2, -0.15) is 0 Å². The Morgan fingerprint density at radius 2 is 2.05 bits per heavy atom. The van der Waals surface area contributed by atoms with Crippen LogP contribution < -0.4 is 11.1 Å². The van der Waals surface area contributed by atoms with E-state index in [-0.39, 0.29) is 0 Å². The van der Waals surface area contributed by atoms with Gasteiger partial charge in [-0.1, -0.05) is 12.1 Å². The van der Waals surface area contributed by atoms with Crippen molar-refractivity contribution < 1.29 is 0 Å². The molecule has 2 rings (SSSR count). The second-order valence-corrected chi connectivity index (χ2v) is 4.46. The number of rotatable bonds is 6. The highest BCUT2D eigenvalue weighted by Crippen LogP contribution is 2.12. The predicted octanol–water partition coefficient (Wildman–Crippen LogP) is 2.10. The van der Waals surface area contributed by atoms with Crippen molar-refractivity contribution in [2.45, 2.75) is 33.2 Å². The minimum atomic E-state index is 0.808. The van der Waals surface area contributed by atoms with E-state index in [1.54, 1.807) is 0 Å². The third-order valence-corrected chi connectivity index (χ3v) is 3.07. The molecule has 3 N–H and O–H groups in total. The average Bonchev–Trinajstić information content (AvgIpc) is 2.79. The summed E-state index contributed by atoms with van der Waals surface area (Å²) in [7, 11) is 0. The van der Waals surface area contributed by atoms with Crippen molar-refractivity contribution in [2.75, 3.05) is 17.6 Å². The Morgan fingerprint density at radius 1 is 1.21 bits per heavy atom. The first-order chi connectivity index (χ1) is 9.24. The van der Waals surface area contributed by atoms with Crippen LogP contribution in [0.25, 0.3) is 0 Å². The Hall–Kier alpha value is -2.04. The Labute approximate surface area is 113 Å². The summed E-state index contributed by atoms with van der Waals surface area (Å²) < 4.78 is 2.12. The number of nitrogen functional groups attached to an aromatic ring is 1. The average molecular weight is 259 g/mol. The van der Waals surface area contributed by atoms with E-state index in [1.807, 2.05) is 18.2 Å². The van der Waals surface area contributed by atoms with E-state index >= 15 is 0 Å². The third kappa shape index (κ3) is 3.24. The molecule has 0 aliphatic carbocycles. The summed E-state index contributed by atoms with van der Waals surface area (Å²) in [5.41, 5.74) is 7.82. The van der Waals surface area contributed by atoms with Crippen LogP contribution in [-0.4, -0.2) is 21.3 Å². The van der Waals surface area contributed by atoms with Crippen LogP contribution in [0.2, 0.25) is 0 Å². The molecule has 0 amide bonds. The lowest BCUT2D eigenvalue weighted by molar-refractivity contribution is 0.693. The van der Waals surface area contributed by atoms with Gasteiger partial charge in [-0.05, 0) is 38.0 Å². The molecule has 0 aliphatic rings. The Balaban J connectivity index is 2.07. The highest BCUT2D eigenvalue weighted by molar-refractivity contribution is 5.40. The van der Waals surface area contributed by atoms with Crippen molar-refractivity contribution in [3.63, 3.8) is 0 Å². The van der Waals surface area contributed by atoms with Gasteiger partial charge >= 0.3 is 0 Å². The van der Waals surface area contributed by atoms with E-state index in [1.165, 1.54) is 5.56 Å². The lowest BCUT2D eigenvalue weighted by atomic mass is 10.1. The van der Waals surface area contributed by atoms with Crippen molar-refractivity contribution in [2.24, 2.45) is 0 Å². The topological polar surface area (TPSA) is 68.8 Å². The highest BCUT2D eigenvalue weighted by Gasteiger charge is 2.09. The van der Waals surface area contributed by atoms with Crippen LogP contribution in [-0.2, 0) is 19.4 Å². The lowest BCUT2D eigenvalue weighted by Gasteiger charge is -2.08. The zero-order valence-corrected chi connectivity index (χ0v) is 11.6. The fourth-order valence-electron chi connectivity index (χ4n) is 2.15. The predicted molar refractivity (Wildman–Crippen MR) is 78.1 cm³/mol. The molecule has 1 aromatic carbocycles. The second-order valence-electron chi connectivity index (χ2n) is 4.46. The van der Waals surface area contributed by atoms with Crippen molar-refractivity contribution >= 4 is 11.6 Å². The Morgan fingerprint density at radius 3 is 2.74 bits per heavy atom. The number of nitrogens with one attached hydrogen (secondary N) is 1. The molecular formula is C14H21N5. The van der Waals surface area contributed by atoms with Gasteiger partial charge in [0.2, 0.25) is 5.95 Å². The molecule has 1 aromatic heterocycles. The van der Waals surface area contributed by atoms with Crippen molar-refractivity contribution in [3.05, 3.63) is 35.7 Å². The quantitative estimate of drug-likeness (QED) is 0.779. The van der Waals surface area contributed by atoms with Crippen molar-refractivity contribution in [3.8, 4) is 0 Å². The fraction of sp³-hybridized carbons (Fsp3) is 0.429. The summed E-state index contributed by atoms with van der Waals surface area (Å²) >= 11 is 0. The van der Waals surface area contributed by atoms with Crippen molar-refractivity contribution in [1.82, 2.24) is 14.8 Å². The molecule has 2 aromatic rings. The minimum Gasteiger partial charge on any atom is -0.399 e. The summed E-state index contributed by atoms with van der Waals surface area (Å²) in [6, 6.07) is 7.99. The maximum atomic E-state index is 5.78. The molecule has 5 nitrogen and oxygen atoms in total. The van der Waals surface area contributed by atoms with Crippen LogP contribution in [0.3, 0.4) is 0 Å². The van der Waals surface area contributed by atoms with Crippen LogP contribution in [0, 0.1) is 0 Å². The second kappa shape index (κ2) is 6.22. The van der Waals surface area contributed by atoms with Gasteiger partial charge in [0.15, 0.2) is 0 Å². The molecule has 0 spiro atoms. The van der Waals surface area contributed by atoms with Gasteiger partial charge in [-0.15, -0.1) is 10.2 Å². The molecule has 0 bridgehead atoms. The van der Waals surface area contributed by atoms with E-state index < -0.39 is 0 Å². The number of benzene rings is 1. The molecule has 0 fully saturated rings. The molecule has 102 valence electrons. The van der Waals surface area contributed by atoms with Gasteiger partial charge in [0, 0.05) is 25.2 Å². The SMILES string of the molecule is CCNc1nnc(CCc2cccc(N)c2)n1CC. The molecule has 0 saturated heterocycles. The molecule has 0 atom stereocenters. The minimum absolute atomic E-state index is 0.808. The van der Waals surface area contributed by atoms with E-state index in [2.05, 4.69) is 40.0 Å². The lowest BCUT2D eigenvalue weighted by Crippen LogP contribution is -2.09. The Bertz CT molecular complexity index is 532. The number of nitrogens with zero attached hydrogens (tertiary/aromatic N) is 3. The number of hydrogen-bond acceptors (Lipinski definition) is 4. The summed E-state index contributed by atoms with van der Waals surface area (Å²) in [5.74, 6) is 1.87. The first-order valence-electron chi connectivity index (χ1n) is 6.75. The number of nitrogens with two attached hydrogens (primary N) is 1. The molecule has 19 heavy (non-hydrogen) atoms. The summed E-state index contributed by atoms with van der Waals surface area (Å²) in [6.45, 7) is 5.89. The molecule has 5 heteroatoms. The summed E-state index contributed by atoms with van der Waals surface area (Å²) in [6.07, 6.45) is 1.80. The van der Waals surface area contributed by atoms with Crippen molar-refractivity contribution in [1.29, 1.82) is 0 Å². The zero-order valence-electron chi connectivity index (χ0n) is 11.6. The van der Waals surface area contributed by atoms with Crippen LogP contribution in [0.5, 0.6) is 0 Å². The standard InChI is InChI=1S/C14H21N5/c1-3-16-14-18-17-13(19(14)4-2)9-8-11-6-5-7-12(15)10-11/h5-7,10H,3-4,8-9,15H2,1-2H3,(H,16,18). The maximum Gasteiger partial charge on any atom is 0.224 e. The molecular weight excluding hydrogens is 238 g/mol. The largest absolute Gasteiger partial charge is 0.399 e. The van der Waals surface area contributed by atoms with Gasteiger partial charge in [-0.25, -0.2) is 0 Å². The molecule has 0 unspecified atom stereocenters. The summed E-state index contributed by atoms with van der Waals surface area (Å²) in [4.78, 5) is 0. The van der Waals surface area contributed by atoms with Gasteiger partial charge in [-0.3, -0.25) is 4.57 Å².